The van der Waals surface area contributed by atoms with E-state index in [9.17, 15) is 16.8 Å². The molecule has 0 radical (unpaired) electrons. The average Bonchev–Trinajstić information content (AvgIpc) is 3.15. The van der Waals surface area contributed by atoms with Gasteiger partial charge in [-0.3, -0.25) is 0 Å². The van der Waals surface area contributed by atoms with Crippen LogP contribution in [0.25, 0.3) is 10.2 Å². The summed E-state index contributed by atoms with van der Waals surface area (Å²) in [6, 6.07) is 11.3. The molecule has 4 N–H and O–H groups in total. The van der Waals surface area contributed by atoms with Gasteiger partial charge < -0.3 is 10.6 Å². The third kappa shape index (κ3) is 5.37. The molecule has 0 unspecified atom stereocenters. The van der Waals surface area contributed by atoms with Crippen molar-refractivity contribution in [2.75, 3.05) is 16.9 Å². The molecule has 10 nitrogen and oxygen atoms in total. The van der Waals surface area contributed by atoms with Crippen LogP contribution in [0.2, 0.25) is 0 Å². The summed E-state index contributed by atoms with van der Waals surface area (Å²) in [6.45, 7) is 0. The number of anilines is 4. The minimum Gasteiger partial charge on any atom is -0.340 e. The van der Waals surface area contributed by atoms with E-state index in [4.69, 9.17) is 5.14 Å². The number of primary sulfonamides is 1. The van der Waals surface area contributed by atoms with E-state index in [0.717, 1.165) is 22.2 Å². The molecule has 2 aromatic heterocycles. The molecule has 0 saturated heterocycles. The van der Waals surface area contributed by atoms with Gasteiger partial charge in [0.2, 0.25) is 10.0 Å². The van der Waals surface area contributed by atoms with Crippen molar-refractivity contribution in [1.82, 2.24) is 15.0 Å². The van der Waals surface area contributed by atoms with E-state index in [2.05, 4.69) is 25.6 Å². The number of benzene rings is 2. The average molecular weight is 491 g/mol. The lowest BCUT2D eigenvalue weighted by Crippen LogP contribution is -2.13. The predicted octanol–water partition coefficient (Wildman–Crippen LogP) is 2.77. The smallest absolute Gasteiger partial charge is 0.238 e. The molecule has 0 aliphatic carbocycles. The number of rotatable bonds is 7. The van der Waals surface area contributed by atoms with Crippen LogP contribution in [0.1, 0.15) is 5.56 Å². The largest absolute Gasteiger partial charge is 0.340 e. The number of thiazole rings is 1. The summed E-state index contributed by atoms with van der Waals surface area (Å²) in [5, 5.41) is 11.4. The lowest BCUT2D eigenvalue weighted by molar-refractivity contribution is 0.597. The van der Waals surface area contributed by atoms with Crippen LogP contribution in [0.15, 0.2) is 59.2 Å². The van der Waals surface area contributed by atoms with Crippen LogP contribution < -0.4 is 15.8 Å². The maximum atomic E-state index is 11.8. The molecule has 4 aromatic rings. The van der Waals surface area contributed by atoms with Crippen molar-refractivity contribution < 1.29 is 16.8 Å². The van der Waals surface area contributed by atoms with Gasteiger partial charge in [0.05, 0.1) is 26.4 Å². The Kier molecular flexibility index (Phi) is 5.81. The van der Waals surface area contributed by atoms with Crippen molar-refractivity contribution in [2.24, 2.45) is 5.14 Å². The number of nitrogens with one attached hydrogen (secondary N) is 2. The number of aromatic nitrogens is 3. The number of hydrogen-bond acceptors (Lipinski definition) is 10. The van der Waals surface area contributed by atoms with E-state index in [1.807, 2.05) is 18.2 Å². The summed E-state index contributed by atoms with van der Waals surface area (Å²) in [5.74, 6) is 0.534. The highest BCUT2D eigenvalue weighted by atomic mass is 32.2. The monoisotopic (exact) mass is 490 g/mol. The molecule has 166 valence electrons. The SMILES string of the molecule is CS(=O)(=O)Cc1ccc(S(N)(=O)=O)cc1Nc1cc(Nc2ccc3ncsc3c2)ncn1. The van der Waals surface area contributed by atoms with Gasteiger partial charge in [-0.1, -0.05) is 6.07 Å². The molecule has 32 heavy (non-hydrogen) atoms. The van der Waals surface area contributed by atoms with Crippen molar-refractivity contribution in [2.45, 2.75) is 10.6 Å². The van der Waals surface area contributed by atoms with Crippen LogP contribution in [-0.4, -0.2) is 38.0 Å². The molecular weight excluding hydrogens is 472 g/mol. The lowest BCUT2D eigenvalue weighted by Gasteiger charge is -2.13. The van der Waals surface area contributed by atoms with Gasteiger partial charge in [0.25, 0.3) is 0 Å². The summed E-state index contributed by atoms with van der Waals surface area (Å²) >= 11 is 1.52. The minimum atomic E-state index is -3.98. The zero-order valence-corrected chi connectivity index (χ0v) is 19.1. The molecule has 0 amide bonds. The van der Waals surface area contributed by atoms with E-state index in [1.54, 1.807) is 11.6 Å². The molecule has 0 fully saturated rings. The van der Waals surface area contributed by atoms with Crippen LogP contribution >= 0.6 is 11.3 Å². The van der Waals surface area contributed by atoms with Gasteiger partial charge >= 0.3 is 0 Å². The molecule has 13 heteroatoms. The van der Waals surface area contributed by atoms with Gasteiger partial charge in [-0.15, -0.1) is 11.3 Å². The summed E-state index contributed by atoms with van der Waals surface area (Å²) in [5.41, 5.74) is 4.12. The highest BCUT2D eigenvalue weighted by Crippen LogP contribution is 2.27. The summed E-state index contributed by atoms with van der Waals surface area (Å²) in [4.78, 5) is 12.4. The maximum Gasteiger partial charge on any atom is 0.238 e. The van der Waals surface area contributed by atoms with Crippen molar-refractivity contribution in [3.8, 4) is 0 Å². The first-order chi connectivity index (χ1) is 15.1. The molecule has 0 aliphatic heterocycles. The number of nitrogens with two attached hydrogens (primary N) is 1. The zero-order chi connectivity index (χ0) is 22.9. The van der Waals surface area contributed by atoms with E-state index in [-0.39, 0.29) is 16.3 Å². The second-order valence-corrected chi connectivity index (χ2v) is 11.6. The Bertz CT molecular complexity index is 1520. The number of sulfone groups is 1. The Hall–Kier alpha value is -3.13. The summed E-state index contributed by atoms with van der Waals surface area (Å²) in [6.07, 6.45) is 2.42. The standard InChI is InChI=1S/C19H18N6O4S3/c1-31(26,27)9-12-2-4-14(32(20,28)29)7-16(12)25-19-8-18(21-10-22-19)24-13-3-5-15-17(6-13)30-11-23-15/h2-8,10-11H,9H2,1H3,(H2,20,28,29)(H2,21,22,24,25). The third-order valence-electron chi connectivity index (χ3n) is 4.36. The maximum absolute atomic E-state index is 11.8. The van der Waals surface area contributed by atoms with Gasteiger partial charge in [0, 0.05) is 23.7 Å². The predicted molar refractivity (Wildman–Crippen MR) is 125 cm³/mol. The van der Waals surface area contributed by atoms with Crippen LogP contribution in [0.3, 0.4) is 0 Å². The highest BCUT2D eigenvalue weighted by Gasteiger charge is 2.15. The molecule has 2 heterocycles. The molecule has 0 saturated carbocycles. The van der Waals surface area contributed by atoms with Crippen LogP contribution in [0.4, 0.5) is 23.0 Å². The molecule has 2 aromatic carbocycles. The molecule has 0 spiro atoms. The van der Waals surface area contributed by atoms with E-state index < -0.39 is 19.9 Å². The number of fused-ring (bicyclic) bond motifs is 1. The fourth-order valence-corrected chi connectivity index (χ4v) is 5.04. The molecule has 0 bridgehead atoms. The van der Waals surface area contributed by atoms with Crippen LogP contribution in [0.5, 0.6) is 0 Å². The van der Waals surface area contributed by atoms with Crippen molar-refractivity contribution >= 4 is 64.4 Å². The number of sulfonamides is 1. The summed E-state index contributed by atoms with van der Waals surface area (Å²) < 4.78 is 48.2. The molecular formula is C19H18N6O4S3. The Morgan fingerprint density at radius 3 is 2.41 bits per heavy atom. The second kappa shape index (κ2) is 8.43. The van der Waals surface area contributed by atoms with Crippen LogP contribution in [0, 0.1) is 0 Å². The zero-order valence-electron chi connectivity index (χ0n) is 16.7. The second-order valence-electron chi connectivity index (χ2n) is 7.01. The highest BCUT2D eigenvalue weighted by molar-refractivity contribution is 7.90. The Balaban J connectivity index is 1.64. The lowest BCUT2D eigenvalue weighted by atomic mass is 10.2. The summed E-state index contributed by atoms with van der Waals surface area (Å²) in [7, 11) is -7.35. The van der Waals surface area contributed by atoms with Gasteiger partial charge in [-0.25, -0.2) is 36.9 Å². The van der Waals surface area contributed by atoms with E-state index in [1.165, 1.54) is 35.9 Å². The minimum absolute atomic E-state index is 0.150. The molecule has 0 atom stereocenters. The first-order valence-electron chi connectivity index (χ1n) is 9.10. The molecule has 0 aliphatic rings. The van der Waals surface area contributed by atoms with Gasteiger partial charge in [-0.05, 0) is 35.9 Å². The number of nitrogens with zero attached hydrogens (tertiary/aromatic N) is 3. The first-order valence-corrected chi connectivity index (χ1v) is 13.6. The number of hydrogen-bond donors (Lipinski definition) is 3. The fourth-order valence-electron chi connectivity index (χ4n) is 2.97. The van der Waals surface area contributed by atoms with E-state index >= 15 is 0 Å². The van der Waals surface area contributed by atoms with Crippen molar-refractivity contribution in [1.29, 1.82) is 0 Å². The Morgan fingerprint density at radius 1 is 0.938 bits per heavy atom. The van der Waals surface area contributed by atoms with Crippen LogP contribution in [-0.2, 0) is 25.6 Å². The topological polar surface area (TPSA) is 157 Å². The van der Waals surface area contributed by atoms with Gasteiger partial charge in [-0.2, -0.15) is 0 Å². The van der Waals surface area contributed by atoms with Gasteiger partial charge in [0.1, 0.15) is 18.0 Å². The van der Waals surface area contributed by atoms with Gasteiger partial charge in [0.15, 0.2) is 9.84 Å². The fraction of sp³-hybridized carbons (Fsp3) is 0.105. The third-order valence-corrected chi connectivity index (χ3v) is 6.90. The van der Waals surface area contributed by atoms with Crippen molar-refractivity contribution in [3.63, 3.8) is 0 Å². The Labute approximate surface area is 188 Å². The van der Waals surface area contributed by atoms with E-state index in [0.29, 0.717) is 17.2 Å². The Morgan fingerprint density at radius 2 is 1.69 bits per heavy atom. The quantitative estimate of drug-likeness (QED) is 0.354. The normalized spacial score (nSPS) is 12.1. The molecule has 4 rings (SSSR count). The first kappa shape index (κ1) is 22.1. The van der Waals surface area contributed by atoms with Crippen molar-refractivity contribution in [3.05, 3.63) is 59.9 Å².